The molecule has 0 bridgehead atoms. The van der Waals surface area contributed by atoms with Gasteiger partial charge in [-0.2, -0.15) is 5.10 Å². The molecule has 1 unspecified atom stereocenters. The van der Waals surface area contributed by atoms with Gasteiger partial charge < -0.3 is 25.0 Å². The third-order valence-electron chi connectivity index (χ3n) is 10.3. The van der Waals surface area contributed by atoms with Gasteiger partial charge in [-0.1, -0.05) is 87.6 Å². The Morgan fingerprint density at radius 2 is 1.78 bits per heavy atom. The molecule has 10 nitrogen and oxygen atoms in total. The molecule has 1 aromatic heterocycles. The zero-order valence-corrected chi connectivity index (χ0v) is 29.3. The lowest BCUT2D eigenvalue weighted by Gasteiger charge is -2.48. The SMILES string of the molecule is CCOC(=O)n1nc2c(c1NC(=O)C1([Si](C)(C)C)CCC1)CN(C(=O)N[C@H](COCc1ccccc1)C1(C)C=CC=CC1)C2(C)C. The summed E-state index contributed by atoms with van der Waals surface area (Å²) in [5.74, 6) is 0.217. The third-order valence-corrected chi connectivity index (χ3v) is 13.9. The minimum Gasteiger partial charge on any atom is -0.448 e. The van der Waals surface area contributed by atoms with Crippen molar-refractivity contribution >= 4 is 31.9 Å². The molecule has 1 aliphatic heterocycles. The van der Waals surface area contributed by atoms with Gasteiger partial charge in [0.1, 0.15) is 5.82 Å². The third kappa shape index (κ3) is 6.19. The molecule has 2 aromatic rings. The number of fused-ring (bicyclic) bond motifs is 1. The molecule has 2 N–H and O–H groups in total. The van der Waals surface area contributed by atoms with E-state index >= 15 is 0 Å². The maximum atomic E-state index is 14.2. The molecule has 0 radical (unpaired) electrons. The van der Waals surface area contributed by atoms with Gasteiger partial charge in [-0.3, -0.25) is 4.79 Å². The molecule has 0 spiro atoms. The second-order valence-corrected chi connectivity index (χ2v) is 20.0. The van der Waals surface area contributed by atoms with Gasteiger partial charge >= 0.3 is 12.1 Å². The number of benzene rings is 1. The number of ether oxygens (including phenoxy) is 2. The fraction of sp³-hybridized carbons (Fsp3) is 0.543. The van der Waals surface area contributed by atoms with Crippen molar-refractivity contribution < 1.29 is 23.9 Å². The zero-order chi connectivity index (χ0) is 33.3. The first kappa shape index (κ1) is 33.7. The maximum absolute atomic E-state index is 14.2. The fourth-order valence-electron chi connectivity index (χ4n) is 6.92. The van der Waals surface area contributed by atoms with E-state index in [0.717, 1.165) is 31.2 Å². The van der Waals surface area contributed by atoms with Gasteiger partial charge in [0, 0.05) is 16.0 Å². The highest BCUT2D eigenvalue weighted by Crippen LogP contribution is 2.56. The van der Waals surface area contributed by atoms with Crippen LogP contribution in [0.25, 0.3) is 0 Å². The summed E-state index contributed by atoms with van der Waals surface area (Å²) in [5.41, 5.74) is 1.04. The number of aromatic nitrogens is 2. The lowest BCUT2D eigenvalue weighted by Crippen LogP contribution is -2.55. The van der Waals surface area contributed by atoms with Crippen LogP contribution in [0.4, 0.5) is 15.4 Å². The Labute approximate surface area is 273 Å². The Bertz CT molecular complexity index is 1520. The summed E-state index contributed by atoms with van der Waals surface area (Å²) in [6.45, 7) is 15.4. The molecule has 1 aromatic carbocycles. The van der Waals surface area contributed by atoms with E-state index in [1.54, 1.807) is 11.8 Å². The number of rotatable bonds is 10. The van der Waals surface area contributed by atoms with E-state index in [1.807, 2.05) is 56.3 Å². The predicted molar refractivity (Wildman–Crippen MR) is 181 cm³/mol. The lowest BCUT2D eigenvalue weighted by atomic mass is 9.77. The highest BCUT2D eigenvalue weighted by molar-refractivity contribution is 6.83. The van der Waals surface area contributed by atoms with Crippen molar-refractivity contribution in [2.75, 3.05) is 18.5 Å². The van der Waals surface area contributed by atoms with E-state index in [0.29, 0.717) is 30.3 Å². The zero-order valence-electron chi connectivity index (χ0n) is 28.3. The molecule has 3 aliphatic rings. The summed E-state index contributed by atoms with van der Waals surface area (Å²) >= 11 is 0. The fourth-order valence-corrected chi connectivity index (χ4v) is 9.51. The van der Waals surface area contributed by atoms with E-state index in [4.69, 9.17) is 9.47 Å². The standard InChI is InChI=1S/C35H49N5O5Si/c1-8-45-32(43)40-29(37-30(41)35(20-15-21-35)46(5,6)7)26-22-39(33(2,3)28(26)38-40)31(42)36-27(34(4)18-13-10-14-19-34)24-44-23-25-16-11-9-12-17-25/h9-14,16-18,27H,8,15,19-24H2,1-7H3,(H,36,42)(H,37,41)/t27-,34?/m1/s1. The Morgan fingerprint density at radius 3 is 2.37 bits per heavy atom. The van der Waals surface area contributed by atoms with Crippen LogP contribution in [0, 0.1) is 5.41 Å². The summed E-state index contributed by atoms with van der Waals surface area (Å²) < 4.78 is 12.7. The molecular formula is C35H49N5O5Si. The van der Waals surface area contributed by atoms with Crippen LogP contribution in [-0.2, 0) is 33.0 Å². The molecule has 0 saturated heterocycles. The van der Waals surface area contributed by atoms with E-state index in [9.17, 15) is 14.4 Å². The molecule has 1 fully saturated rings. The van der Waals surface area contributed by atoms with Crippen LogP contribution >= 0.6 is 0 Å². The van der Waals surface area contributed by atoms with E-state index in [1.165, 1.54) is 4.68 Å². The van der Waals surface area contributed by atoms with Gasteiger partial charge in [0.15, 0.2) is 0 Å². The first-order chi connectivity index (χ1) is 21.7. The Balaban J connectivity index is 1.40. The molecule has 5 rings (SSSR count). The number of nitrogens with one attached hydrogen (secondary N) is 2. The first-order valence-electron chi connectivity index (χ1n) is 16.4. The molecule has 2 atom stereocenters. The average molecular weight is 648 g/mol. The molecule has 1 saturated carbocycles. The molecule has 248 valence electrons. The molecule has 2 heterocycles. The van der Waals surface area contributed by atoms with Crippen molar-refractivity contribution in [3.8, 4) is 0 Å². The number of anilines is 1. The van der Waals surface area contributed by atoms with Crippen molar-refractivity contribution in [1.29, 1.82) is 0 Å². The Kier molecular flexibility index (Phi) is 9.39. The van der Waals surface area contributed by atoms with Crippen LogP contribution in [0.2, 0.25) is 24.7 Å². The van der Waals surface area contributed by atoms with Gasteiger partial charge in [-0.25, -0.2) is 9.59 Å². The highest BCUT2D eigenvalue weighted by Gasteiger charge is 2.54. The van der Waals surface area contributed by atoms with Gasteiger partial charge in [0.05, 0.1) is 51.7 Å². The topological polar surface area (TPSA) is 115 Å². The molecular weight excluding hydrogens is 599 g/mol. The number of hydrogen-bond donors (Lipinski definition) is 2. The lowest BCUT2D eigenvalue weighted by molar-refractivity contribution is -0.121. The van der Waals surface area contributed by atoms with E-state index < -0.39 is 24.7 Å². The van der Waals surface area contributed by atoms with E-state index in [2.05, 4.69) is 54.4 Å². The highest BCUT2D eigenvalue weighted by atomic mass is 28.3. The second-order valence-electron chi connectivity index (χ2n) is 14.6. The predicted octanol–water partition coefficient (Wildman–Crippen LogP) is 6.96. The molecule has 2 aliphatic carbocycles. The number of nitrogens with zero attached hydrogens (tertiary/aromatic N) is 3. The average Bonchev–Trinajstić information content (AvgIpc) is 3.46. The molecule has 3 amide bonds. The van der Waals surface area contributed by atoms with Crippen molar-refractivity contribution in [3.05, 3.63) is 71.5 Å². The van der Waals surface area contributed by atoms with Crippen LogP contribution in [0.3, 0.4) is 0 Å². The number of carbonyl (C=O) groups is 3. The molecule has 11 heteroatoms. The monoisotopic (exact) mass is 647 g/mol. The number of carbonyl (C=O) groups excluding carboxylic acids is 3. The maximum Gasteiger partial charge on any atom is 0.436 e. The van der Waals surface area contributed by atoms with Gasteiger partial charge in [-0.15, -0.1) is 4.68 Å². The van der Waals surface area contributed by atoms with Crippen molar-refractivity contribution in [3.63, 3.8) is 0 Å². The number of hydrogen-bond acceptors (Lipinski definition) is 6. The van der Waals surface area contributed by atoms with Gasteiger partial charge in [0.2, 0.25) is 5.91 Å². The smallest absolute Gasteiger partial charge is 0.436 e. The van der Waals surface area contributed by atoms with Crippen molar-refractivity contribution in [1.82, 2.24) is 20.0 Å². The summed E-state index contributed by atoms with van der Waals surface area (Å²) in [7, 11) is -1.90. The van der Waals surface area contributed by atoms with Crippen LogP contribution in [0.15, 0.2) is 54.6 Å². The van der Waals surface area contributed by atoms with Crippen LogP contribution in [0.5, 0.6) is 0 Å². The summed E-state index contributed by atoms with van der Waals surface area (Å²) in [4.78, 5) is 42.9. The van der Waals surface area contributed by atoms with Crippen LogP contribution in [-0.4, -0.2) is 60.0 Å². The quantitative estimate of drug-likeness (QED) is 0.270. The summed E-state index contributed by atoms with van der Waals surface area (Å²) in [6, 6.07) is 9.39. The normalized spacial score (nSPS) is 21.7. The largest absolute Gasteiger partial charge is 0.448 e. The summed E-state index contributed by atoms with van der Waals surface area (Å²) in [5, 5.41) is 10.7. The summed E-state index contributed by atoms with van der Waals surface area (Å²) in [6.07, 6.45) is 11.0. The first-order valence-corrected chi connectivity index (χ1v) is 19.9. The number of urea groups is 1. The van der Waals surface area contributed by atoms with Crippen LogP contribution in [0.1, 0.15) is 70.2 Å². The molecule has 46 heavy (non-hydrogen) atoms. The number of amides is 3. The van der Waals surface area contributed by atoms with Crippen molar-refractivity contribution in [2.24, 2.45) is 5.41 Å². The minimum absolute atomic E-state index is 0.0763. The van der Waals surface area contributed by atoms with Gasteiger partial charge in [-0.05, 0) is 45.6 Å². The van der Waals surface area contributed by atoms with Gasteiger partial charge in [0.25, 0.3) is 0 Å². The Morgan fingerprint density at radius 1 is 1.07 bits per heavy atom. The number of allylic oxidation sites excluding steroid dienone is 3. The minimum atomic E-state index is -1.90. The van der Waals surface area contributed by atoms with Crippen molar-refractivity contribution in [2.45, 2.75) is 103 Å². The van der Waals surface area contributed by atoms with Crippen LogP contribution < -0.4 is 10.6 Å². The van der Waals surface area contributed by atoms with E-state index in [-0.39, 0.29) is 36.5 Å². The Hall–Kier alpha value is -3.70. The second kappa shape index (κ2) is 12.8.